The molecule has 1 heterocycles. The van der Waals surface area contributed by atoms with Crippen LogP contribution in [0, 0.1) is 0 Å². The molecule has 1 unspecified atom stereocenters. The van der Waals surface area contributed by atoms with Gasteiger partial charge < -0.3 is 10.1 Å². The summed E-state index contributed by atoms with van der Waals surface area (Å²) in [5.41, 5.74) is 0. The smallest absolute Gasteiger partial charge is 0.249 e. The summed E-state index contributed by atoms with van der Waals surface area (Å²) in [7, 11) is -3.23. The predicted octanol–water partition coefficient (Wildman–Crippen LogP) is -0.0484. The average Bonchev–Trinajstić information content (AvgIpc) is 2.74. The van der Waals surface area contributed by atoms with E-state index in [1.165, 1.54) is 10.6 Å². The molecule has 1 amide bonds. The number of sulfonamides is 1. The summed E-state index contributed by atoms with van der Waals surface area (Å²) in [4.78, 5) is 11.6. The van der Waals surface area contributed by atoms with Gasteiger partial charge in [0.15, 0.2) is 0 Å². The summed E-state index contributed by atoms with van der Waals surface area (Å²) >= 11 is 0. The number of hydrogen-bond acceptors (Lipinski definition) is 4. The molecule has 1 aliphatic heterocycles. The highest BCUT2D eigenvalue weighted by Crippen LogP contribution is 2.11. The molecule has 0 spiro atoms. The summed E-state index contributed by atoms with van der Waals surface area (Å²) in [6.07, 6.45) is 2.45. The lowest BCUT2D eigenvalue weighted by molar-refractivity contribution is -0.130. The summed E-state index contributed by atoms with van der Waals surface area (Å²) in [5.74, 6) is -0.148. The van der Waals surface area contributed by atoms with Gasteiger partial charge in [-0.1, -0.05) is 0 Å². The van der Waals surface area contributed by atoms with E-state index in [0.29, 0.717) is 13.2 Å². The van der Waals surface area contributed by atoms with E-state index in [9.17, 15) is 13.2 Å². The third-order valence-electron chi connectivity index (χ3n) is 2.86. The fraction of sp³-hybridized carbons (Fsp3) is 0.909. The van der Waals surface area contributed by atoms with E-state index in [0.717, 1.165) is 12.8 Å². The molecule has 1 N–H and O–H groups in total. The van der Waals surface area contributed by atoms with Crippen LogP contribution in [0.25, 0.3) is 0 Å². The lowest BCUT2D eigenvalue weighted by Crippen LogP contribution is -2.43. The second-order valence-corrected chi connectivity index (χ2v) is 6.70. The van der Waals surface area contributed by atoms with E-state index >= 15 is 0 Å². The third kappa shape index (κ3) is 4.55. The Labute approximate surface area is 109 Å². The maximum atomic E-state index is 11.6. The summed E-state index contributed by atoms with van der Waals surface area (Å²) in [6, 6.07) is -0.111. The van der Waals surface area contributed by atoms with Gasteiger partial charge in [0.2, 0.25) is 15.9 Å². The number of hydrogen-bond donors (Lipinski definition) is 1. The molecule has 1 rings (SSSR count). The standard InChI is InChI=1S/C11H22N2O4S/c1-9(2)13(18(3,15)16)7-6-12-11(14)10-5-4-8-17-10/h9-10H,4-8H2,1-3H3,(H,12,14). The largest absolute Gasteiger partial charge is 0.368 e. The molecule has 0 aromatic carbocycles. The van der Waals surface area contributed by atoms with Gasteiger partial charge in [0.05, 0.1) is 6.26 Å². The molecule has 0 aromatic rings. The van der Waals surface area contributed by atoms with E-state index < -0.39 is 10.0 Å². The second-order valence-electron chi connectivity index (χ2n) is 4.76. The highest BCUT2D eigenvalue weighted by Gasteiger charge is 2.24. The van der Waals surface area contributed by atoms with Crippen molar-refractivity contribution in [3.05, 3.63) is 0 Å². The minimum atomic E-state index is -3.23. The fourth-order valence-corrected chi connectivity index (χ4v) is 3.18. The highest BCUT2D eigenvalue weighted by atomic mass is 32.2. The molecule has 7 heteroatoms. The number of carbonyl (C=O) groups is 1. The Hall–Kier alpha value is -0.660. The van der Waals surface area contributed by atoms with Crippen LogP contribution >= 0.6 is 0 Å². The zero-order valence-electron chi connectivity index (χ0n) is 11.2. The summed E-state index contributed by atoms with van der Waals surface area (Å²) < 4.78 is 29.6. The Balaban J connectivity index is 2.37. The highest BCUT2D eigenvalue weighted by molar-refractivity contribution is 7.88. The molecule has 0 aliphatic carbocycles. The Kier molecular flexibility index (Phi) is 5.55. The van der Waals surface area contributed by atoms with Gasteiger partial charge in [-0.25, -0.2) is 8.42 Å². The van der Waals surface area contributed by atoms with Gasteiger partial charge in [-0.15, -0.1) is 0 Å². The normalized spacial score (nSPS) is 20.6. The van der Waals surface area contributed by atoms with Crippen LogP contribution in [0.1, 0.15) is 26.7 Å². The maximum Gasteiger partial charge on any atom is 0.249 e. The molecule has 0 radical (unpaired) electrons. The first-order chi connectivity index (χ1) is 8.32. The first-order valence-corrected chi connectivity index (χ1v) is 8.03. The number of ether oxygens (including phenoxy) is 1. The van der Waals surface area contributed by atoms with Gasteiger partial charge in [-0.2, -0.15) is 4.31 Å². The Bertz CT molecular complexity index is 375. The van der Waals surface area contributed by atoms with Gasteiger partial charge in [0, 0.05) is 25.7 Å². The van der Waals surface area contributed by atoms with Gasteiger partial charge in [-0.3, -0.25) is 4.79 Å². The van der Waals surface area contributed by atoms with E-state index in [1.807, 2.05) is 13.8 Å². The van der Waals surface area contributed by atoms with Gasteiger partial charge in [0.25, 0.3) is 0 Å². The van der Waals surface area contributed by atoms with Crippen LogP contribution < -0.4 is 5.32 Å². The lowest BCUT2D eigenvalue weighted by Gasteiger charge is -2.24. The van der Waals surface area contributed by atoms with Crippen LogP contribution in [-0.4, -0.2) is 56.7 Å². The minimum absolute atomic E-state index is 0.111. The summed E-state index contributed by atoms with van der Waals surface area (Å²) in [6.45, 7) is 4.84. The Morgan fingerprint density at radius 1 is 1.50 bits per heavy atom. The molecule has 0 aromatic heterocycles. The molecule has 0 saturated carbocycles. The SMILES string of the molecule is CC(C)N(CCNC(=O)C1CCCO1)S(C)(=O)=O. The van der Waals surface area contributed by atoms with Crippen molar-refractivity contribution in [3.63, 3.8) is 0 Å². The minimum Gasteiger partial charge on any atom is -0.368 e. The van der Waals surface area contributed by atoms with Crippen LogP contribution in [0.15, 0.2) is 0 Å². The molecule has 0 bridgehead atoms. The Morgan fingerprint density at radius 3 is 2.61 bits per heavy atom. The van der Waals surface area contributed by atoms with Crippen LogP contribution in [-0.2, 0) is 19.6 Å². The number of carbonyl (C=O) groups excluding carboxylic acids is 1. The second kappa shape index (κ2) is 6.49. The fourth-order valence-electron chi connectivity index (χ4n) is 1.99. The molecule has 18 heavy (non-hydrogen) atoms. The van der Waals surface area contributed by atoms with E-state index in [1.54, 1.807) is 0 Å². The van der Waals surface area contributed by atoms with Crippen molar-refractivity contribution in [2.75, 3.05) is 26.0 Å². The molecule has 106 valence electrons. The lowest BCUT2D eigenvalue weighted by atomic mass is 10.2. The zero-order valence-corrected chi connectivity index (χ0v) is 12.0. The summed E-state index contributed by atoms with van der Waals surface area (Å²) in [5, 5.41) is 2.71. The Morgan fingerprint density at radius 2 is 2.17 bits per heavy atom. The van der Waals surface area contributed by atoms with Crippen molar-refractivity contribution in [1.29, 1.82) is 0 Å². The van der Waals surface area contributed by atoms with Crippen LogP contribution in [0.4, 0.5) is 0 Å². The molecular weight excluding hydrogens is 256 g/mol. The first kappa shape index (κ1) is 15.4. The van der Waals surface area contributed by atoms with Crippen LogP contribution in [0.2, 0.25) is 0 Å². The van der Waals surface area contributed by atoms with Crippen LogP contribution in [0.5, 0.6) is 0 Å². The van der Waals surface area contributed by atoms with Crippen molar-refractivity contribution in [1.82, 2.24) is 9.62 Å². The quantitative estimate of drug-likeness (QED) is 0.739. The number of nitrogens with zero attached hydrogens (tertiary/aromatic N) is 1. The topological polar surface area (TPSA) is 75.7 Å². The van der Waals surface area contributed by atoms with Crippen molar-refractivity contribution in [2.24, 2.45) is 0 Å². The zero-order chi connectivity index (χ0) is 13.8. The number of amides is 1. The average molecular weight is 278 g/mol. The molecule has 1 saturated heterocycles. The third-order valence-corrected chi connectivity index (χ3v) is 4.31. The van der Waals surface area contributed by atoms with Crippen molar-refractivity contribution < 1.29 is 17.9 Å². The van der Waals surface area contributed by atoms with Gasteiger partial charge in [0.1, 0.15) is 6.10 Å². The van der Waals surface area contributed by atoms with Crippen molar-refractivity contribution in [3.8, 4) is 0 Å². The van der Waals surface area contributed by atoms with Gasteiger partial charge >= 0.3 is 0 Å². The van der Waals surface area contributed by atoms with E-state index in [4.69, 9.17) is 4.74 Å². The van der Waals surface area contributed by atoms with Crippen molar-refractivity contribution >= 4 is 15.9 Å². The molecule has 6 nitrogen and oxygen atoms in total. The number of nitrogens with one attached hydrogen (secondary N) is 1. The van der Waals surface area contributed by atoms with Crippen molar-refractivity contribution in [2.45, 2.75) is 38.8 Å². The molecular formula is C11H22N2O4S. The van der Waals surface area contributed by atoms with E-state index in [2.05, 4.69) is 5.32 Å². The van der Waals surface area contributed by atoms with Crippen LogP contribution in [0.3, 0.4) is 0 Å². The first-order valence-electron chi connectivity index (χ1n) is 6.18. The van der Waals surface area contributed by atoms with Gasteiger partial charge in [-0.05, 0) is 26.7 Å². The van der Waals surface area contributed by atoms with E-state index in [-0.39, 0.29) is 24.6 Å². The molecule has 1 fully saturated rings. The number of rotatable bonds is 6. The maximum absolute atomic E-state index is 11.6. The predicted molar refractivity (Wildman–Crippen MR) is 68.7 cm³/mol. The monoisotopic (exact) mass is 278 g/mol. The molecule has 1 aliphatic rings. The molecule has 1 atom stereocenters.